The van der Waals surface area contributed by atoms with Crippen molar-refractivity contribution in [3.8, 4) is 0 Å². The van der Waals surface area contributed by atoms with Crippen molar-refractivity contribution in [3.05, 3.63) is 0 Å². The van der Waals surface area contributed by atoms with Crippen LogP contribution in [0.5, 0.6) is 0 Å². The zero-order valence-corrected chi connectivity index (χ0v) is 10.3. The number of rotatable bonds is 3. The fourth-order valence-electron chi connectivity index (χ4n) is 3.15. The summed E-state index contributed by atoms with van der Waals surface area (Å²) in [7, 11) is 2.15. The molecule has 0 saturated heterocycles. The molecule has 3 atom stereocenters. The highest BCUT2D eigenvalue weighted by Crippen LogP contribution is 2.33. The predicted octanol–water partition coefficient (Wildman–Crippen LogP) is 3.45. The van der Waals surface area contributed by atoms with Gasteiger partial charge in [0.25, 0.3) is 0 Å². The van der Waals surface area contributed by atoms with Crippen LogP contribution in [0.15, 0.2) is 0 Å². The molecular formula is C13H27N. The maximum Gasteiger partial charge on any atom is 0.0123 e. The van der Waals surface area contributed by atoms with Gasteiger partial charge in [-0.05, 0) is 37.6 Å². The zero-order chi connectivity index (χ0) is 10.6. The van der Waals surface area contributed by atoms with Crippen LogP contribution in [0.25, 0.3) is 0 Å². The van der Waals surface area contributed by atoms with Gasteiger partial charge in [0, 0.05) is 6.04 Å². The van der Waals surface area contributed by atoms with Crippen LogP contribution in [0.2, 0.25) is 0 Å². The summed E-state index contributed by atoms with van der Waals surface area (Å²) in [6, 6.07) is 0.766. The Kier molecular flexibility index (Phi) is 4.94. The topological polar surface area (TPSA) is 12.0 Å². The summed E-state index contributed by atoms with van der Waals surface area (Å²) in [6.07, 6.45) is 7.09. The summed E-state index contributed by atoms with van der Waals surface area (Å²) < 4.78 is 0. The molecule has 0 aliphatic heterocycles. The van der Waals surface area contributed by atoms with Crippen molar-refractivity contribution in [1.29, 1.82) is 0 Å². The second kappa shape index (κ2) is 5.75. The minimum Gasteiger partial charge on any atom is -0.316 e. The van der Waals surface area contributed by atoms with Crippen molar-refractivity contribution in [1.82, 2.24) is 5.32 Å². The van der Waals surface area contributed by atoms with E-state index in [9.17, 15) is 0 Å². The first-order valence-corrected chi connectivity index (χ1v) is 6.38. The normalized spacial score (nSPS) is 34.5. The monoisotopic (exact) mass is 197 g/mol. The van der Waals surface area contributed by atoms with E-state index < -0.39 is 0 Å². The molecule has 0 amide bonds. The second-order valence-corrected chi connectivity index (χ2v) is 5.18. The standard InChI is InChI=1S/C13H27N/c1-5-11-8-6-7-9-12(10(2)3)13(11)14-4/h10-14H,5-9H2,1-4H3. The molecule has 1 rings (SSSR count). The average molecular weight is 197 g/mol. The molecule has 1 N–H and O–H groups in total. The summed E-state index contributed by atoms with van der Waals surface area (Å²) in [5.74, 6) is 2.64. The summed E-state index contributed by atoms with van der Waals surface area (Å²) >= 11 is 0. The van der Waals surface area contributed by atoms with Gasteiger partial charge in [0.15, 0.2) is 0 Å². The molecule has 0 aromatic carbocycles. The predicted molar refractivity (Wildman–Crippen MR) is 63.4 cm³/mol. The SMILES string of the molecule is CCC1CCCCC(C(C)C)C1NC. The van der Waals surface area contributed by atoms with E-state index in [2.05, 4.69) is 33.1 Å². The molecule has 0 spiro atoms. The Morgan fingerprint density at radius 3 is 2.36 bits per heavy atom. The van der Waals surface area contributed by atoms with Crippen molar-refractivity contribution in [3.63, 3.8) is 0 Å². The van der Waals surface area contributed by atoms with Gasteiger partial charge in [-0.2, -0.15) is 0 Å². The van der Waals surface area contributed by atoms with Gasteiger partial charge in [-0.3, -0.25) is 0 Å². The van der Waals surface area contributed by atoms with Crippen molar-refractivity contribution in [2.75, 3.05) is 7.05 Å². The minimum absolute atomic E-state index is 0.766. The Hall–Kier alpha value is -0.0400. The molecule has 3 unspecified atom stereocenters. The summed E-state index contributed by atoms with van der Waals surface area (Å²) in [5, 5.41) is 3.58. The molecule has 0 aromatic heterocycles. The lowest BCUT2D eigenvalue weighted by Crippen LogP contribution is -2.41. The van der Waals surface area contributed by atoms with Crippen LogP contribution in [0, 0.1) is 17.8 Å². The molecule has 0 bridgehead atoms. The van der Waals surface area contributed by atoms with E-state index in [1.54, 1.807) is 0 Å². The van der Waals surface area contributed by atoms with E-state index in [0.29, 0.717) is 0 Å². The first-order valence-electron chi connectivity index (χ1n) is 6.38. The number of hydrogen-bond donors (Lipinski definition) is 1. The largest absolute Gasteiger partial charge is 0.316 e. The van der Waals surface area contributed by atoms with Crippen LogP contribution < -0.4 is 5.32 Å². The summed E-state index contributed by atoms with van der Waals surface area (Å²) in [5.41, 5.74) is 0. The molecule has 1 aliphatic rings. The third kappa shape index (κ3) is 2.73. The van der Waals surface area contributed by atoms with E-state index in [4.69, 9.17) is 0 Å². The van der Waals surface area contributed by atoms with Gasteiger partial charge in [-0.15, -0.1) is 0 Å². The third-order valence-electron chi connectivity index (χ3n) is 4.05. The maximum absolute atomic E-state index is 3.58. The fraction of sp³-hybridized carbons (Fsp3) is 1.00. The molecule has 0 radical (unpaired) electrons. The molecular weight excluding hydrogens is 170 g/mol. The van der Waals surface area contributed by atoms with E-state index in [0.717, 1.165) is 23.8 Å². The van der Waals surface area contributed by atoms with Crippen LogP contribution in [0.3, 0.4) is 0 Å². The molecule has 1 nitrogen and oxygen atoms in total. The molecule has 0 aromatic rings. The first-order chi connectivity index (χ1) is 6.70. The Balaban J connectivity index is 2.69. The molecule has 84 valence electrons. The van der Waals surface area contributed by atoms with Crippen molar-refractivity contribution in [2.45, 2.75) is 58.9 Å². The van der Waals surface area contributed by atoms with Gasteiger partial charge in [-0.1, -0.05) is 40.0 Å². The molecule has 1 heteroatoms. The zero-order valence-electron chi connectivity index (χ0n) is 10.3. The minimum atomic E-state index is 0.766. The van der Waals surface area contributed by atoms with Crippen LogP contribution in [0.1, 0.15) is 52.9 Å². The van der Waals surface area contributed by atoms with Crippen LogP contribution >= 0.6 is 0 Å². The smallest absolute Gasteiger partial charge is 0.0123 e. The van der Waals surface area contributed by atoms with E-state index in [1.807, 2.05) is 0 Å². The second-order valence-electron chi connectivity index (χ2n) is 5.18. The number of hydrogen-bond acceptors (Lipinski definition) is 1. The summed E-state index contributed by atoms with van der Waals surface area (Å²) in [4.78, 5) is 0. The molecule has 0 heterocycles. The Labute approximate surface area is 89.7 Å². The summed E-state index contributed by atoms with van der Waals surface area (Å²) in [6.45, 7) is 7.11. The van der Waals surface area contributed by atoms with E-state index in [-0.39, 0.29) is 0 Å². The van der Waals surface area contributed by atoms with E-state index in [1.165, 1.54) is 32.1 Å². The van der Waals surface area contributed by atoms with Gasteiger partial charge < -0.3 is 5.32 Å². The highest BCUT2D eigenvalue weighted by Gasteiger charge is 2.30. The quantitative estimate of drug-likeness (QED) is 0.683. The van der Waals surface area contributed by atoms with Gasteiger partial charge in [-0.25, -0.2) is 0 Å². The van der Waals surface area contributed by atoms with Crippen LogP contribution in [0.4, 0.5) is 0 Å². The third-order valence-corrected chi connectivity index (χ3v) is 4.05. The van der Waals surface area contributed by atoms with Gasteiger partial charge in [0.1, 0.15) is 0 Å². The molecule has 1 fully saturated rings. The molecule has 1 saturated carbocycles. The van der Waals surface area contributed by atoms with Gasteiger partial charge >= 0.3 is 0 Å². The lowest BCUT2D eigenvalue weighted by atomic mass is 9.79. The lowest BCUT2D eigenvalue weighted by molar-refractivity contribution is 0.214. The van der Waals surface area contributed by atoms with Crippen LogP contribution in [-0.4, -0.2) is 13.1 Å². The lowest BCUT2D eigenvalue weighted by Gasteiger charge is -2.33. The van der Waals surface area contributed by atoms with Gasteiger partial charge in [0.2, 0.25) is 0 Å². The highest BCUT2D eigenvalue weighted by atomic mass is 14.9. The van der Waals surface area contributed by atoms with E-state index >= 15 is 0 Å². The Morgan fingerprint density at radius 1 is 1.21 bits per heavy atom. The molecule has 14 heavy (non-hydrogen) atoms. The molecule has 1 aliphatic carbocycles. The number of nitrogens with one attached hydrogen (secondary N) is 1. The fourth-order valence-corrected chi connectivity index (χ4v) is 3.15. The van der Waals surface area contributed by atoms with Crippen LogP contribution in [-0.2, 0) is 0 Å². The first kappa shape index (κ1) is 12.0. The highest BCUT2D eigenvalue weighted by molar-refractivity contribution is 4.85. The van der Waals surface area contributed by atoms with Crippen molar-refractivity contribution in [2.24, 2.45) is 17.8 Å². The average Bonchev–Trinajstić information content (AvgIpc) is 2.38. The Bertz CT molecular complexity index is 153. The van der Waals surface area contributed by atoms with Gasteiger partial charge in [0.05, 0.1) is 0 Å². The van der Waals surface area contributed by atoms with Crippen molar-refractivity contribution >= 4 is 0 Å². The maximum atomic E-state index is 3.58. The van der Waals surface area contributed by atoms with Crippen molar-refractivity contribution < 1.29 is 0 Å². The Morgan fingerprint density at radius 2 is 1.86 bits per heavy atom.